The first-order chi connectivity index (χ1) is 14.5. The molecule has 0 bridgehead atoms. The standard InChI is InChI=1S/C25H29N3O2/c1-4-8-23(30)28-21-11-6-5-9-19(21)26-20-10-7-12-22(29)24(20)25(28)17-13-15-18(16-14-17)27(2)3/h5-6,9,11,13-16,25-26H,4,7-8,10,12H2,1-3H3/t25-/m0/s1. The monoisotopic (exact) mass is 403 g/mol. The van der Waals surface area contributed by atoms with Gasteiger partial charge in [0.1, 0.15) is 0 Å². The van der Waals surface area contributed by atoms with Crippen LogP contribution in [0, 0.1) is 0 Å². The molecule has 30 heavy (non-hydrogen) atoms. The van der Waals surface area contributed by atoms with Gasteiger partial charge in [-0.25, -0.2) is 0 Å². The zero-order valence-electron chi connectivity index (χ0n) is 17.9. The van der Waals surface area contributed by atoms with E-state index < -0.39 is 6.04 Å². The highest BCUT2D eigenvalue weighted by atomic mass is 16.2. The maximum absolute atomic E-state index is 13.4. The number of fused-ring (bicyclic) bond motifs is 1. The number of hydrogen-bond acceptors (Lipinski definition) is 4. The second-order valence-corrected chi connectivity index (χ2v) is 8.21. The number of rotatable bonds is 4. The van der Waals surface area contributed by atoms with E-state index in [1.54, 1.807) is 0 Å². The molecule has 1 heterocycles. The Morgan fingerprint density at radius 2 is 1.83 bits per heavy atom. The van der Waals surface area contributed by atoms with Gasteiger partial charge in [0.2, 0.25) is 5.91 Å². The number of para-hydroxylation sites is 2. The van der Waals surface area contributed by atoms with Crippen molar-refractivity contribution in [3.63, 3.8) is 0 Å². The fourth-order valence-corrected chi connectivity index (χ4v) is 4.41. The number of carbonyl (C=O) groups excluding carboxylic acids is 2. The maximum Gasteiger partial charge on any atom is 0.227 e. The predicted octanol–water partition coefficient (Wildman–Crippen LogP) is 5.06. The van der Waals surface area contributed by atoms with Crippen molar-refractivity contribution in [3.05, 3.63) is 65.4 Å². The molecule has 1 aliphatic carbocycles. The molecule has 2 aromatic carbocycles. The Kier molecular flexibility index (Phi) is 5.62. The topological polar surface area (TPSA) is 52.7 Å². The van der Waals surface area contributed by atoms with E-state index in [0.29, 0.717) is 12.8 Å². The summed E-state index contributed by atoms with van der Waals surface area (Å²) in [5.74, 6) is 0.174. The lowest BCUT2D eigenvalue weighted by Gasteiger charge is -2.34. The molecule has 1 amide bonds. The molecule has 1 atom stereocenters. The highest BCUT2D eigenvalue weighted by Gasteiger charge is 2.39. The molecule has 0 spiro atoms. The van der Waals surface area contributed by atoms with Crippen LogP contribution in [0.2, 0.25) is 0 Å². The van der Waals surface area contributed by atoms with Crippen LogP contribution in [0.25, 0.3) is 0 Å². The van der Waals surface area contributed by atoms with E-state index in [1.807, 2.05) is 67.2 Å². The molecule has 1 N–H and O–H groups in total. The molecular formula is C25H29N3O2. The summed E-state index contributed by atoms with van der Waals surface area (Å²) >= 11 is 0. The molecule has 156 valence electrons. The van der Waals surface area contributed by atoms with Crippen molar-refractivity contribution in [1.82, 2.24) is 0 Å². The quantitative estimate of drug-likeness (QED) is 0.775. The Balaban J connectivity index is 1.94. The van der Waals surface area contributed by atoms with Gasteiger partial charge >= 0.3 is 0 Å². The zero-order chi connectivity index (χ0) is 21.3. The highest BCUT2D eigenvalue weighted by molar-refractivity contribution is 6.06. The van der Waals surface area contributed by atoms with Crippen LogP contribution in [0.5, 0.6) is 0 Å². The number of anilines is 3. The Hall–Kier alpha value is -3.08. The molecule has 0 radical (unpaired) electrons. The average molecular weight is 404 g/mol. The summed E-state index contributed by atoms with van der Waals surface area (Å²) in [5, 5.41) is 3.50. The largest absolute Gasteiger partial charge is 0.378 e. The first-order valence-electron chi connectivity index (χ1n) is 10.7. The van der Waals surface area contributed by atoms with Gasteiger partial charge in [-0.1, -0.05) is 31.2 Å². The number of allylic oxidation sites excluding steroid dienone is 1. The number of carbonyl (C=O) groups is 2. The van der Waals surface area contributed by atoms with Crippen molar-refractivity contribution < 1.29 is 9.59 Å². The summed E-state index contributed by atoms with van der Waals surface area (Å²) in [4.78, 5) is 30.5. The molecule has 0 aromatic heterocycles. The SMILES string of the molecule is CCCC(=O)N1c2ccccc2NC2=C(C(=O)CCC2)[C@@H]1c1ccc(N(C)C)cc1. The van der Waals surface area contributed by atoms with Gasteiger partial charge in [0.15, 0.2) is 5.78 Å². The fraction of sp³-hybridized carbons (Fsp3) is 0.360. The van der Waals surface area contributed by atoms with Crippen molar-refractivity contribution in [3.8, 4) is 0 Å². The van der Waals surface area contributed by atoms with Crippen LogP contribution in [0.15, 0.2) is 59.8 Å². The zero-order valence-corrected chi connectivity index (χ0v) is 17.9. The van der Waals surface area contributed by atoms with Gasteiger partial charge in [-0.15, -0.1) is 0 Å². The average Bonchev–Trinajstić information content (AvgIpc) is 2.89. The molecule has 5 heteroatoms. The number of nitrogens with one attached hydrogen (secondary N) is 1. The number of nitrogens with zero attached hydrogens (tertiary/aromatic N) is 2. The minimum Gasteiger partial charge on any atom is -0.378 e. The Morgan fingerprint density at radius 3 is 2.53 bits per heavy atom. The van der Waals surface area contributed by atoms with Gasteiger partial charge in [0.05, 0.1) is 17.4 Å². The van der Waals surface area contributed by atoms with Crippen molar-refractivity contribution in [2.24, 2.45) is 0 Å². The summed E-state index contributed by atoms with van der Waals surface area (Å²) in [5.41, 5.74) is 5.45. The van der Waals surface area contributed by atoms with Crippen molar-refractivity contribution in [1.29, 1.82) is 0 Å². The van der Waals surface area contributed by atoms with Crippen LogP contribution in [0.3, 0.4) is 0 Å². The van der Waals surface area contributed by atoms with Gasteiger partial charge in [-0.2, -0.15) is 0 Å². The van der Waals surface area contributed by atoms with Crippen molar-refractivity contribution in [2.75, 3.05) is 29.2 Å². The van der Waals surface area contributed by atoms with E-state index in [1.165, 1.54) is 0 Å². The molecule has 2 aromatic rings. The molecule has 4 rings (SSSR count). The summed E-state index contributed by atoms with van der Waals surface area (Å²) in [6.07, 6.45) is 3.38. The van der Waals surface area contributed by atoms with Crippen molar-refractivity contribution >= 4 is 28.8 Å². The summed E-state index contributed by atoms with van der Waals surface area (Å²) in [7, 11) is 4.01. The molecule has 0 saturated carbocycles. The smallest absolute Gasteiger partial charge is 0.227 e. The number of Topliss-reactive ketones (excluding diaryl/α,β-unsaturated/α-hetero) is 1. The summed E-state index contributed by atoms with van der Waals surface area (Å²) in [6.45, 7) is 2.01. The van der Waals surface area contributed by atoms with Crippen LogP contribution in [0.1, 0.15) is 50.6 Å². The summed E-state index contributed by atoms with van der Waals surface area (Å²) < 4.78 is 0. The van der Waals surface area contributed by atoms with E-state index >= 15 is 0 Å². The Bertz CT molecular complexity index is 992. The van der Waals surface area contributed by atoms with Gasteiger partial charge in [-0.05, 0) is 49.1 Å². The van der Waals surface area contributed by atoms with Gasteiger partial charge in [-0.3, -0.25) is 14.5 Å². The second-order valence-electron chi connectivity index (χ2n) is 8.21. The number of amides is 1. The third-order valence-electron chi connectivity index (χ3n) is 5.89. The molecular weight excluding hydrogens is 374 g/mol. The lowest BCUT2D eigenvalue weighted by atomic mass is 9.85. The van der Waals surface area contributed by atoms with Gasteiger partial charge < -0.3 is 10.2 Å². The first kappa shape index (κ1) is 20.2. The normalized spacial score (nSPS) is 18.3. The molecule has 5 nitrogen and oxygen atoms in total. The van der Waals surface area contributed by atoms with Crippen LogP contribution >= 0.6 is 0 Å². The molecule has 0 saturated heterocycles. The summed E-state index contributed by atoms with van der Waals surface area (Å²) in [6, 6.07) is 15.7. The molecule has 0 unspecified atom stereocenters. The third-order valence-corrected chi connectivity index (χ3v) is 5.89. The van der Waals surface area contributed by atoms with Crippen molar-refractivity contribution in [2.45, 2.75) is 45.1 Å². The number of ketones is 1. The predicted molar refractivity (Wildman–Crippen MR) is 122 cm³/mol. The van der Waals surface area contributed by atoms with E-state index in [4.69, 9.17) is 0 Å². The third kappa shape index (κ3) is 3.60. The number of benzene rings is 2. The first-order valence-corrected chi connectivity index (χ1v) is 10.7. The molecule has 1 aliphatic heterocycles. The second kappa shape index (κ2) is 8.34. The lowest BCUT2D eigenvalue weighted by Crippen LogP contribution is -2.37. The Labute approximate surface area is 178 Å². The Morgan fingerprint density at radius 1 is 1.10 bits per heavy atom. The van der Waals surface area contributed by atoms with Gasteiger partial charge in [0.25, 0.3) is 0 Å². The van der Waals surface area contributed by atoms with Crippen LogP contribution in [0.4, 0.5) is 17.1 Å². The van der Waals surface area contributed by atoms with E-state index in [-0.39, 0.29) is 11.7 Å². The van der Waals surface area contributed by atoms with Crippen LogP contribution in [-0.2, 0) is 9.59 Å². The van der Waals surface area contributed by atoms with Gasteiger partial charge in [0, 0.05) is 43.9 Å². The van der Waals surface area contributed by atoms with Crippen LogP contribution < -0.4 is 15.1 Å². The number of hydrogen-bond donors (Lipinski definition) is 1. The van der Waals surface area contributed by atoms with E-state index in [0.717, 1.165) is 53.2 Å². The highest BCUT2D eigenvalue weighted by Crippen LogP contribution is 2.45. The molecule has 0 fully saturated rings. The fourth-order valence-electron chi connectivity index (χ4n) is 4.41. The lowest BCUT2D eigenvalue weighted by molar-refractivity contribution is -0.119. The minimum absolute atomic E-state index is 0.0422. The van der Waals surface area contributed by atoms with E-state index in [9.17, 15) is 9.59 Å². The maximum atomic E-state index is 13.4. The van der Waals surface area contributed by atoms with E-state index in [2.05, 4.69) is 17.4 Å². The van der Waals surface area contributed by atoms with Crippen LogP contribution in [-0.4, -0.2) is 25.8 Å². The molecule has 2 aliphatic rings. The minimum atomic E-state index is -0.417.